The van der Waals surface area contributed by atoms with Crippen molar-refractivity contribution in [3.63, 3.8) is 0 Å². The molecule has 1 aromatic rings. The highest BCUT2D eigenvalue weighted by atomic mass is 79.9. The standard InChI is InChI=1S/C19H29Br/c1-2-3-4-5-6-7-12-19(20)18-14-13-16-10-8-9-11-17(16)15-18/h13-15,19H,2-12H2,1H3. The van der Waals surface area contributed by atoms with Crippen LogP contribution in [-0.4, -0.2) is 0 Å². The van der Waals surface area contributed by atoms with Gasteiger partial charge in [-0.25, -0.2) is 0 Å². The molecule has 1 atom stereocenters. The van der Waals surface area contributed by atoms with Crippen LogP contribution in [0.3, 0.4) is 0 Å². The maximum Gasteiger partial charge on any atom is 0.0395 e. The lowest BCUT2D eigenvalue weighted by Crippen LogP contribution is -2.03. The Morgan fingerprint density at radius 2 is 1.65 bits per heavy atom. The number of alkyl halides is 1. The average molecular weight is 337 g/mol. The van der Waals surface area contributed by atoms with E-state index in [0.29, 0.717) is 4.83 Å². The summed E-state index contributed by atoms with van der Waals surface area (Å²) in [5.41, 5.74) is 4.71. The molecule has 1 unspecified atom stereocenters. The van der Waals surface area contributed by atoms with E-state index >= 15 is 0 Å². The number of aryl methyl sites for hydroxylation is 2. The van der Waals surface area contributed by atoms with E-state index in [1.165, 1.54) is 76.2 Å². The quantitative estimate of drug-likeness (QED) is 0.363. The summed E-state index contributed by atoms with van der Waals surface area (Å²) in [6.07, 6.45) is 15.0. The first-order valence-electron chi connectivity index (χ1n) is 8.57. The number of unbranched alkanes of at least 4 members (excludes halogenated alkanes) is 5. The minimum absolute atomic E-state index is 0.556. The van der Waals surface area contributed by atoms with E-state index in [-0.39, 0.29) is 0 Å². The third kappa shape index (κ3) is 4.91. The molecule has 1 aliphatic rings. The lowest BCUT2D eigenvalue weighted by molar-refractivity contribution is 0.588. The monoisotopic (exact) mass is 336 g/mol. The Bertz CT molecular complexity index is 397. The first kappa shape index (κ1) is 16.1. The molecule has 0 amide bonds. The molecule has 0 aliphatic heterocycles. The number of fused-ring (bicyclic) bond motifs is 1. The Kier molecular flexibility index (Phi) is 7.13. The van der Waals surface area contributed by atoms with Crippen LogP contribution in [0.1, 0.15) is 86.2 Å². The van der Waals surface area contributed by atoms with E-state index in [4.69, 9.17) is 0 Å². The van der Waals surface area contributed by atoms with Gasteiger partial charge in [0, 0.05) is 4.83 Å². The second-order valence-corrected chi connectivity index (χ2v) is 7.36. The summed E-state index contributed by atoms with van der Waals surface area (Å²) in [6.45, 7) is 2.28. The van der Waals surface area contributed by atoms with Gasteiger partial charge in [0.05, 0.1) is 0 Å². The molecule has 0 saturated carbocycles. The number of halogens is 1. The molecular formula is C19H29Br. The van der Waals surface area contributed by atoms with Crippen LogP contribution in [0.2, 0.25) is 0 Å². The highest BCUT2D eigenvalue weighted by molar-refractivity contribution is 9.09. The molecule has 0 aromatic heterocycles. The summed E-state index contributed by atoms with van der Waals surface area (Å²) >= 11 is 3.90. The summed E-state index contributed by atoms with van der Waals surface area (Å²) in [6, 6.07) is 7.19. The molecule has 0 fully saturated rings. The van der Waals surface area contributed by atoms with Gasteiger partial charge in [-0.1, -0.05) is 79.6 Å². The lowest BCUT2D eigenvalue weighted by Gasteiger charge is -2.18. The smallest absolute Gasteiger partial charge is 0.0395 e. The molecule has 0 radical (unpaired) electrons. The van der Waals surface area contributed by atoms with Crippen molar-refractivity contribution in [2.24, 2.45) is 0 Å². The van der Waals surface area contributed by atoms with Crippen LogP contribution in [0.4, 0.5) is 0 Å². The third-order valence-corrected chi connectivity index (χ3v) is 5.53. The molecule has 20 heavy (non-hydrogen) atoms. The normalized spacial score (nSPS) is 15.9. The highest BCUT2D eigenvalue weighted by Gasteiger charge is 2.13. The van der Waals surface area contributed by atoms with E-state index in [1.54, 1.807) is 11.1 Å². The van der Waals surface area contributed by atoms with Crippen LogP contribution in [-0.2, 0) is 12.8 Å². The third-order valence-electron chi connectivity index (χ3n) is 4.55. The van der Waals surface area contributed by atoms with Gasteiger partial charge in [0.15, 0.2) is 0 Å². The summed E-state index contributed by atoms with van der Waals surface area (Å²) in [5.74, 6) is 0. The Labute approximate surface area is 133 Å². The number of benzene rings is 1. The molecule has 0 saturated heterocycles. The van der Waals surface area contributed by atoms with Gasteiger partial charge in [0.25, 0.3) is 0 Å². The predicted molar refractivity (Wildman–Crippen MR) is 92.7 cm³/mol. The van der Waals surface area contributed by atoms with Gasteiger partial charge in [-0.05, 0) is 48.8 Å². The van der Waals surface area contributed by atoms with Crippen molar-refractivity contribution in [3.8, 4) is 0 Å². The van der Waals surface area contributed by atoms with Gasteiger partial charge in [0.2, 0.25) is 0 Å². The zero-order chi connectivity index (χ0) is 14.2. The molecule has 0 nitrogen and oxygen atoms in total. The maximum atomic E-state index is 3.90. The van der Waals surface area contributed by atoms with Gasteiger partial charge >= 0.3 is 0 Å². The topological polar surface area (TPSA) is 0 Å². The molecule has 0 heterocycles. The van der Waals surface area contributed by atoms with Crippen molar-refractivity contribution in [1.82, 2.24) is 0 Å². The number of hydrogen-bond acceptors (Lipinski definition) is 0. The minimum Gasteiger partial charge on any atom is -0.0839 e. The second kappa shape index (κ2) is 8.87. The van der Waals surface area contributed by atoms with Gasteiger partial charge in [-0.15, -0.1) is 0 Å². The summed E-state index contributed by atoms with van der Waals surface area (Å²) < 4.78 is 0. The zero-order valence-electron chi connectivity index (χ0n) is 13.0. The van der Waals surface area contributed by atoms with Crippen molar-refractivity contribution < 1.29 is 0 Å². The summed E-state index contributed by atoms with van der Waals surface area (Å²) in [5, 5.41) is 0. The van der Waals surface area contributed by atoms with Crippen LogP contribution in [0.15, 0.2) is 18.2 Å². The highest BCUT2D eigenvalue weighted by Crippen LogP contribution is 2.32. The Hall–Kier alpha value is -0.300. The van der Waals surface area contributed by atoms with Gasteiger partial charge in [-0.2, -0.15) is 0 Å². The van der Waals surface area contributed by atoms with Crippen LogP contribution in [0.25, 0.3) is 0 Å². The first-order valence-corrected chi connectivity index (χ1v) is 9.48. The van der Waals surface area contributed by atoms with Crippen LogP contribution in [0, 0.1) is 0 Å². The van der Waals surface area contributed by atoms with Crippen LogP contribution in [0.5, 0.6) is 0 Å². The van der Waals surface area contributed by atoms with E-state index in [2.05, 4.69) is 41.1 Å². The number of rotatable bonds is 8. The van der Waals surface area contributed by atoms with Gasteiger partial charge in [-0.3, -0.25) is 0 Å². The van der Waals surface area contributed by atoms with E-state index in [0.717, 1.165) is 0 Å². The van der Waals surface area contributed by atoms with E-state index in [9.17, 15) is 0 Å². The molecule has 1 aliphatic carbocycles. The molecule has 0 spiro atoms. The SMILES string of the molecule is CCCCCCCCC(Br)c1ccc2c(c1)CCCC2. The van der Waals surface area contributed by atoms with Crippen molar-refractivity contribution >= 4 is 15.9 Å². The molecule has 0 bridgehead atoms. The van der Waals surface area contributed by atoms with E-state index in [1.807, 2.05) is 0 Å². The minimum atomic E-state index is 0.556. The largest absolute Gasteiger partial charge is 0.0839 e. The van der Waals surface area contributed by atoms with Gasteiger partial charge in [0.1, 0.15) is 0 Å². The van der Waals surface area contributed by atoms with Crippen molar-refractivity contribution in [1.29, 1.82) is 0 Å². The summed E-state index contributed by atoms with van der Waals surface area (Å²) in [7, 11) is 0. The van der Waals surface area contributed by atoms with Crippen molar-refractivity contribution in [2.75, 3.05) is 0 Å². The Morgan fingerprint density at radius 1 is 0.950 bits per heavy atom. The molecule has 112 valence electrons. The van der Waals surface area contributed by atoms with Crippen LogP contribution < -0.4 is 0 Å². The fourth-order valence-electron chi connectivity index (χ4n) is 3.22. The van der Waals surface area contributed by atoms with Gasteiger partial charge < -0.3 is 0 Å². The fourth-order valence-corrected chi connectivity index (χ4v) is 3.83. The van der Waals surface area contributed by atoms with Crippen molar-refractivity contribution in [2.45, 2.75) is 82.4 Å². The lowest BCUT2D eigenvalue weighted by atomic mass is 9.89. The molecular weight excluding hydrogens is 308 g/mol. The maximum absolute atomic E-state index is 3.90. The average Bonchev–Trinajstić information content (AvgIpc) is 2.50. The molecule has 1 aromatic carbocycles. The fraction of sp³-hybridized carbons (Fsp3) is 0.684. The van der Waals surface area contributed by atoms with Crippen LogP contribution >= 0.6 is 15.9 Å². The predicted octanol–water partition coefficient (Wildman–Crippen LogP) is 6.75. The molecule has 1 heteroatoms. The Morgan fingerprint density at radius 3 is 2.45 bits per heavy atom. The van der Waals surface area contributed by atoms with Crippen molar-refractivity contribution in [3.05, 3.63) is 34.9 Å². The molecule has 0 N–H and O–H groups in total. The zero-order valence-corrected chi connectivity index (χ0v) is 14.6. The number of hydrogen-bond donors (Lipinski definition) is 0. The molecule has 2 rings (SSSR count). The second-order valence-electron chi connectivity index (χ2n) is 6.26. The summed E-state index contributed by atoms with van der Waals surface area (Å²) in [4.78, 5) is 0.556. The van der Waals surface area contributed by atoms with E-state index < -0.39 is 0 Å². The Balaban J connectivity index is 1.76. The first-order chi connectivity index (χ1) is 9.81.